The molecule has 0 atom stereocenters. The summed E-state index contributed by atoms with van der Waals surface area (Å²) in [6.07, 6.45) is 0.702. The third-order valence-corrected chi connectivity index (χ3v) is 5.51. The van der Waals surface area contributed by atoms with Gasteiger partial charge in [0.25, 0.3) is 0 Å². The molecule has 6 heteroatoms. The van der Waals surface area contributed by atoms with E-state index >= 15 is 0 Å². The Morgan fingerprint density at radius 1 is 1.32 bits per heavy atom. The lowest BCUT2D eigenvalue weighted by atomic mass is 9.92. The number of hydrogen-bond acceptors (Lipinski definition) is 4. The van der Waals surface area contributed by atoms with Gasteiger partial charge in [0, 0.05) is 24.7 Å². The summed E-state index contributed by atoms with van der Waals surface area (Å²) in [6, 6.07) is 6.20. The van der Waals surface area contributed by atoms with Crippen molar-refractivity contribution in [2.45, 2.75) is 23.8 Å². The van der Waals surface area contributed by atoms with Crippen LogP contribution in [0.1, 0.15) is 13.3 Å². The smallest absolute Gasteiger partial charge is 0.179 e. The monoisotopic (exact) mass is 303 g/mol. The second-order valence-electron chi connectivity index (χ2n) is 5.06. The molecule has 1 aromatic rings. The molecule has 1 heterocycles. The molecule has 19 heavy (non-hydrogen) atoms. The minimum atomic E-state index is -3.27. The van der Waals surface area contributed by atoms with E-state index in [1.165, 1.54) is 12.1 Å². The summed E-state index contributed by atoms with van der Waals surface area (Å²) in [6.45, 7) is 3.49. The normalized spacial score (nSPS) is 19.1. The predicted octanol–water partition coefficient (Wildman–Crippen LogP) is 1.57. The zero-order valence-corrected chi connectivity index (χ0v) is 12.4. The number of benzene rings is 1. The predicted molar refractivity (Wildman–Crippen MR) is 75.2 cm³/mol. The van der Waals surface area contributed by atoms with Crippen LogP contribution in [0.4, 0.5) is 0 Å². The van der Waals surface area contributed by atoms with Gasteiger partial charge in [-0.05, 0) is 30.7 Å². The fourth-order valence-corrected chi connectivity index (χ4v) is 3.59. The average molecular weight is 304 g/mol. The number of β-amino-alcohol motifs (C(OH)–C–C–N with tert-alkyl or cyclic N) is 1. The summed E-state index contributed by atoms with van der Waals surface area (Å²) in [4.78, 5) is 2.25. The van der Waals surface area contributed by atoms with Crippen molar-refractivity contribution in [3.05, 3.63) is 29.3 Å². The molecule has 0 radical (unpaired) electrons. The van der Waals surface area contributed by atoms with Crippen LogP contribution in [-0.2, 0) is 9.84 Å². The first-order chi connectivity index (χ1) is 8.85. The van der Waals surface area contributed by atoms with E-state index in [9.17, 15) is 13.5 Å². The Morgan fingerprint density at radius 3 is 2.42 bits per heavy atom. The molecular weight excluding hydrogens is 286 g/mol. The molecular formula is C13H18ClNO3S. The summed E-state index contributed by atoms with van der Waals surface area (Å²) >= 11 is 5.74. The molecule has 1 fully saturated rings. The Morgan fingerprint density at radius 2 is 1.89 bits per heavy atom. The van der Waals surface area contributed by atoms with Gasteiger partial charge in [0.05, 0.1) is 16.2 Å². The summed E-state index contributed by atoms with van der Waals surface area (Å²) < 4.78 is 24.2. The number of hydrogen-bond donors (Lipinski definition) is 1. The van der Waals surface area contributed by atoms with Gasteiger partial charge in [0.2, 0.25) is 0 Å². The van der Waals surface area contributed by atoms with E-state index in [1.807, 2.05) is 11.8 Å². The summed E-state index contributed by atoms with van der Waals surface area (Å²) in [5.41, 5.74) is -0.621. The number of aliphatic hydroxyl groups is 1. The van der Waals surface area contributed by atoms with E-state index in [4.69, 9.17) is 11.6 Å². The van der Waals surface area contributed by atoms with Crippen LogP contribution < -0.4 is 0 Å². The maximum atomic E-state index is 12.1. The first kappa shape index (κ1) is 14.8. The number of rotatable bonds is 5. The van der Waals surface area contributed by atoms with Crippen LogP contribution in [0, 0.1) is 0 Å². The van der Waals surface area contributed by atoms with Gasteiger partial charge < -0.3 is 5.11 Å². The number of likely N-dealkylation sites (tertiary alicyclic amines) is 1. The fraction of sp³-hybridized carbons (Fsp3) is 0.538. The van der Waals surface area contributed by atoms with Crippen molar-refractivity contribution < 1.29 is 13.5 Å². The third-order valence-electron chi connectivity index (χ3n) is 3.54. The molecule has 2 rings (SSSR count). The average Bonchev–Trinajstić information content (AvgIpc) is 2.34. The molecule has 1 saturated heterocycles. The van der Waals surface area contributed by atoms with Crippen molar-refractivity contribution in [3.63, 3.8) is 0 Å². The minimum Gasteiger partial charge on any atom is -0.387 e. The van der Waals surface area contributed by atoms with E-state index in [2.05, 4.69) is 0 Å². The Kier molecular flexibility index (Phi) is 4.20. The molecule has 0 spiro atoms. The zero-order valence-electron chi connectivity index (χ0n) is 10.8. The molecule has 1 aliphatic rings. The SMILES string of the molecule is CCC1(O)CN(CCS(=O)(=O)c2ccc(Cl)cc2)C1. The van der Waals surface area contributed by atoms with Gasteiger partial charge in [0.1, 0.15) is 0 Å². The van der Waals surface area contributed by atoms with Crippen molar-refractivity contribution in [3.8, 4) is 0 Å². The molecule has 106 valence electrons. The first-order valence-corrected chi connectivity index (χ1v) is 8.31. The van der Waals surface area contributed by atoms with Crippen molar-refractivity contribution in [2.75, 3.05) is 25.4 Å². The second kappa shape index (κ2) is 5.40. The lowest BCUT2D eigenvalue weighted by Crippen LogP contribution is -2.61. The minimum absolute atomic E-state index is 0.0639. The Labute approximate surface area is 118 Å². The molecule has 0 aliphatic carbocycles. The van der Waals surface area contributed by atoms with Crippen LogP contribution >= 0.6 is 11.6 Å². The highest BCUT2D eigenvalue weighted by atomic mass is 35.5. The van der Waals surface area contributed by atoms with Gasteiger partial charge in [-0.2, -0.15) is 0 Å². The topological polar surface area (TPSA) is 57.6 Å². The van der Waals surface area contributed by atoms with Crippen LogP contribution in [0.5, 0.6) is 0 Å². The van der Waals surface area contributed by atoms with Gasteiger partial charge in [-0.15, -0.1) is 0 Å². The van der Waals surface area contributed by atoms with Gasteiger partial charge >= 0.3 is 0 Å². The first-order valence-electron chi connectivity index (χ1n) is 6.28. The number of halogens is 1. The Balaban J connectivity index is 1.91. The van der Waals surface area contributed by atoms with Gasteiger partial charge in [0.15, 0.2) is 9.84 Å². The van der Waals surface area contributed by atoms with Crippen LogP contribution in [0.15, 0.2) is 29.2 Å². The molecule has 0 bridgehead atoms. The molecule has 0 saturated carbocycles. The van der Waals surface area contributed by atoms with Gasteiger partial charge in [-0.3, -0.25) is 4.90 Å². The quantitative estimate of drug-likeness (QED) is 0.897. The lowest BCUT2D eigenvalue weighted by Gasteiger charge is -2.46. The maximum absolute atomic E-state index is 12.1. The van der Waals surface area contributed by atoms with Crippen LogP contribution in [0.3, 0.4) is 0 Å². The largest absolute Gasteiger partial charge is 0.387 e. The number of sulfone groups is 1. The Bertz CT molecular complexity index is 536. The third kappa shape index (κ3) is 3.48. The van der Waals surface area contributed by atoms with Crippen molar-refractivity contribution in [1.82, 2.24) is 4.90 Å². The van der Waals surface area contributed by atoms with E-state index in [0.29, 0.717) is 36.0 Å². The van der Waals surface area contributed by atoms with Crippen LogP contribution in [0.25, 0.3) is 0 Å². The van der Waals surface area contributed by atoms with E-state index in [1.54, 1.807) is 12.1 Å². The summed E-state index contributed by atoms with van der Waals surface area (Å²) in [7, 11) is -3.27. The molecule has 1 N–H and O–H groups in total. The Hall–Kier alpha value is -0.620. The molecule has 1 aromatic carbocycles. The molecule has 0 amide bonds. The second-order valence-corrected chi connectivity index (χ2v) is 7.61. The zero-order chi connectivity index (χ0) is 14.1. The molecule has 0 unspecified atom stereocenters. The molecule has 4 nitrogen and oxygen atoms in total. The highest BCUT2D eigenvalue weighted by Crippen LogP contribution is 2.24. The van der Waals surface area contributed by atoms with Gasteiger partial charge in [-0.1, -0.05) is 18.5 Å². The highest BCUT2D eigenvalue weighted by Gasteiger charge is 2.39. The summed E-state index contributed by atoms with van der Waals surface area (Å²) in [5, 5.41) is 10.4. The molecule has 0 aromatic heterocycles. The fourth-order valence-electron chi connectivity index (χ4n) is 2.18. The van der Waals surface area contributed by atoms with Crippen molar-refractivity contribution >= 4 is 21.4 Å². The highest BCUT2D eigenvalue weighted by molar-refractivity contribution is 7.91. The van der Waals surface area contributed by atoms with Crippen LogP contribution in [0.2, 0.25) is 5.02 Å². The summed E-state index contributed by atoms with van der Waals surface area (Å²) in [5.74, 6) is 0.0639. The number of nitrogens with zero attached hydrogens (tertiary/aromatic N) is 1. The maximum Gasteiger partial charge on any atom is 0.179 e. The lowest BCUT2D eigenvalue weighted by molar-refractivity contribution is -0.0966. The van der Waals surface area contributed by atoms with Gasteiger partial charge in [-0.25, -0.2) is 8.42 Å². The standard InChI is InChI=1S/C13H18ClNO3S/c1-2-13(16)9-15(10-13)7-8-19(17,18)12-5-3-11(14)4-6-12/h3-6,16H,2,7-10H2,1H3. The van der Waals surface area contributed by atoms with E-state index < -0.39 is 15.4 Å². The van der Waals surface area contributed by atoms with Crippen molar-refractivity contribution in [1.29, 1.82) is 0 Å². The van der Waals surface area contributed by atoms with E-state index in [0.717, 1.165) is 0 Å². The van der Waals surface area contributed by atoms with Crippen molar-refractivity contribution in [2.24, 2.45) is 0 Å². The van der Waals surface area contributed by atoms with Crippen LogP contribution in [-0.4, -0.2) is 49.4 Å². The molecule has 1 aliphatic heterocycles. The van der Waals surface area contributed by atoms with E-state index in [-0.39, 0.29) is 5.75 Å².